The predicted molar refractivity (Wildman–Crippen MR) is 41.4 cm³/mol. The third kappa shape index (κ3) is 1.40. The van der Waals surface area contributed by atoms with Crippen molar-refractivity contribution in [2.45, 2.75) is 26.2 Å². The zero-order chi connectivity index (χ0) is 7.61. The van der Waals surface area contributed by atoms with Crippen LogP contribution in [0.15, 0.2) is 11.0 Å². The fourth-order valence-electron chi connectivity index (χ4n) is 1.11. The Labute approximate surface area is 61.9 Å². The molecule has 0 aliphatic heterocycles. The van der Waals surface area contributed by atoms with Crippen LogP contribution in [0.2, 0.25) is 0 Å². The lowest BCUT2D eigenvalue weighted by atomic mass is 10.4. The molecule has 0 spiro atoms. The molecule has 0 aromatic carbocycles. The van der Waals surface area contributed by atoms with E-state index in [9.17, 15) is 8.42 Å². The summed E-state index contributed by atoms with van der Waals surface area (Å²) in [6, 6.07) is 0. The van der Waals surface area contributed by atoms with E-state index in [1.54, 1.807) is 6.92 Å². The van der Waals surface area contributed by atoms with E-state index in [1.165, 1.54) is 0 Å². The van der Waals surface area contributed by atoms with Crippen LogP contribution in [0, 0.1) is 0 Å². The fraction of sp³-hybridized carbons (Fsp3) is 0.714. The minimum absolute atomic E-state index is 0.249. The molecule has 0 radical (unpaired) electrons. The van der Waals surface area contributed by atoms with Crippen LogP contribution < -0.4 is 0 Å². The Bertz CT molecular complexity index is 236. The summed E-state index contributed by atoms with van der Waals surface area (Å²) in [6.07, 6.45) is 4.55. The van der Waals surface area contributed by atoms with Crippen LogP contribution in [0.25, 0.3) is 0 Å². The molecule has 10 heavy (non-hydrogen) atoms. The van der Waals surface area contributed by atoms with Crippen LogP contribution >= 0.6 is 0 Å². The second-order valence-electron chi connectivity index (χ2n) is 2.47. The summed E-state index contributed by atoms with van der Waals surface area (Å²) in [5.41, 5.74) is 0. The van der Waals surface area contributed by atoms with E-state index >= 15 is 0 Å². The third-order valence-electron chi connectivity index (χ3n) is 1.78. The van der Waals surface area contributed by atoms with Crippen molar-refractivity contribution < 1.29 is 8.42 Å². The van der Waals surface area contributed by atoms with E-state index in [0.717, 1.165) is 19.3 Å². The average Bonchev–Trinajstić information content (AvgIpc) is 2.38. The molecule has 0 amide bonds. The highest BCUT2D eigenvalue weighted by molar-refractivity contribution is 7.95. The molecule has 0 bridgehead atoms. The highest BCUT2D eigenvalue weighted by atomic mass is 32.2. The Morgan fingerprint density at radius 3 is 2.70 bits per heavy atom. The smallest absolute Gasteiger partial charge is 0.173 e. The summed E-state index contributed by atoms with van der Waals surface area (Å²) < 4.78 is 22.3. The highest BCUT2D eigenvalue weighted by Gasteiger charge is 2.17. The number of sulfone groups is 1. The monoisotopic (exact) mass is 160 g/mol. The number of hydrogen-bond acceptors (Lipinski definition) is 2. The maximum absolute atomic E-state index is 11.1. The zero-order valence-electron chi connectivity index (χ0n) is 6.13. The third-order valence-corrected chi connectivity index (χ3v) is 3.71. The molecule has 0 N–H and O–H groups in total. The largest absolute Gasteiger partial charge is 0.224 e. The van der Waals surface area contributed by atoms with Gasteiger partial charge in [-0.25, -0.2) is 8.42 Å². The molecule has 0 saturated heterocycles. The lowest BCUT2D eigenvalue weighted by Crippen LogP contribution is -2.04. The fourth-order valence-corrected chi connectivity index (χ4v) is 2.31. The van der Waals surface area contributed by atoms with Gasteiger partial charge in [0.15, 0.2) is 9.84 Å². The molecule has 2 nitrogen and oxygen atoms in total. The van der Waals surface area contributed by atoms with E-state index < -0.39 is 9.84 Å². The lowest BCUT2D eigenvalue weighted by Gasteiger charge is -1.98. The first kappa shape index (κ1) is 7.79. The second kappa shape index (κ2) is 2.74. The van der Waals surface area contributed by atoms with E-state index in [4.69, 9.17) is 0 Å². The van der Waals surface area contributed by atoms with Crippen LogP contribution in [-0.4, -0.2) is 14.2 Å². The minimum Gasteiger partial charge on any atom is -0.224 e. The predicted octanol–water partition coefficient (Wildman–Crippen LogP) is 1.49. The summed E-state index contributed by atoms with van der Waals surface area (Å²) >= 11 is 0. The Balaban J connectivity index is 2.83. The summed E-state index contributed by atoms with van der Waals surface area (Å²) in [4.78, 5) is 0.662. The molecule has 1 rings (SSSR count). The first-order chi connectivity index (χ1) is 4.67. The number of hydrogen-bond donors (Lipinski definition) is 0. The van der Waals surface area contributed by atoms with E-state index in [0.29, 0.717) is 4.91 Å². The van der Waals surface area contributed by atoms with Gasteiger partial charge in [0.05, 0.1) is 5.75 Å². The maximum Gasteiger partial charge on any atom is 0.173 e. The Morgan fingerprint density at radius 2 is 2.30 bits per heavy atom. The van der Waals surface area contributed by atoms with E-state index in [2.05, 4.69) is 0 Å². The van der Waals surface area contributed by atoms with Crippen molar-refractivity contribution >= 4 is 9.84 Å². The van der Waals surface area contributed by atoms with Crippen LogP contribution in [0.1, 0.15) is 26.2 Å². The number of rotatable bonds is 2. The van der Waals surface area contributed by atoms with Gasteiger partial charge in [-0.15, -0.1) is 0 Å². The van der Waals surface area contributed by atoms with Crippen molar-refractivity contribution in [2.24, 2.45) is 0 Å². The molecule has 1 aliphatic rings. The van der Waals surface area contributed by atoms with Gasteiger partial charge in [0.2, 0.25) is 0 Å². The van der Waals surface area contributed by atoms with Crippen molar-refractivity contribution in [1.29, 1.82) is 0 Å². The molecule has 0 saturated carbocycles. The van der Waals surface area contributed by atoms with Crippen molar-refractivity contribution in [3.8, 4) is 0 Å². The molecule has 0 aromatic rings. The van der Waals surface area contributed by atoms with Crippen LogP contribution in [0.4, 0.5) is 0 Å². The topological polar surface area (TPSA) is 34.1 Å². The molecule has 0 heterocycles. The molecule has 1 aliphatic carbocycles. The van der Waals surface area contributed by atoms with Crippen molar-refractivity contribution in [3.05, 3.63) is 11.0 Å². The zero-order valence-corrected chi connectivity index (χ0v) is 6.95. The second-order valence-corrected chi connectivity index (χ2v) is 4.80. The summed E-state index contributed by atoms with van der Waals surface area (Å²) in [5.74, 6) is 0.249. The quantitative estimate of drug-likeness (QED) is 0.613. The maximum atomic E-state index is 11.1. The van der Waals surface area contributed by atoms with Gasteiger partial charge in [0, 0.05) is 4.91 Å². The molecule has 0 unspecified atom stereocenters. The summed E-state index contributed by atoms with van der Waals surface area (Å²) in [5, 5.41) is 0. The summed E-state index contributed by atoms with van der Waals surface area (Å²) in [6.45, 7) is 1.69. The van der Waals surface area contributed by atoms with Gasteiger partial charge >= 0.3 is 0 Å². The molecule has 0 fully saturated rings. The van der Waals surface area contributed by atoms with Crippen molar-refractivity contribution in [1.82, 2.24) is 0 Å². The summed E-state index contributed by atoms with van der Waals surface area (Å²) in [7, 11) is -2.84. The van der Waals surface area contributed by atoms with Gasteiger partial charge in [-0.3, -0.25) is 0 Å². The molecular formula is C7H12O2S. The van der Waals surface area contributed by atoms with Gasteiger partial charge in [-0.05, 0) is 19.3 Å². The molecule has 58 valence electrons. The molecule has 3 heteroatoms. The van der Waals surface area contributed by atoms with E-state index in [-0.39, 0.29) is 5.75 Å². The molecular weight excluding hydrogens is 148 g/mol. The number of allylic oxidation sites excluding steroid dienone is 2. The van der Waals surface area contributed by atoms with Gasteiger partial charge < -0.3 is 0 Å². The Morgan fingerprint density at radius 1 is 1.60 bits per heavy atom. The molecule has 0 aromatic heterocycles. The van der Waals surface area contributed by atoms with E-state index in [1.807, 2.05) is 6.08 Å². The van der Waals surface area contributed by atoms with Crippen LogP contribution in [-0.2, 0) is 9.84 Å². The van der Waals surface area contributed by atoms with Gasteiger partial charge in [-0.2, -0.15) is 0 Å². The van der Waals surface area contributed by atoms with Crippen LogP contribution in [0.3, 0.4) is 0 Å². The van der Waals surface area contributed by atoms with Crippen molar-refractivity contribution in [2.75, 3.05) is 5.75 Å². The van der Waals surface area contributed by atoms with Gasteiger partial charge in [0.1, 0.15) is 0 Å². The normalized spacial score (nSPS) is 19.1. The van der Waals surface area contributed by atoms with Gasteiger partial charge in [-0.1, -0.05) is 13.0 Å². The molecule has 0 atom stereocenters. The first-order valence-corrected chi connectivity index (χ1v) is 5.24. The van der Waals surface area contributed by atoms with Crippen LogP contribution in [0.5, 0.6) is 0 Å². The Kier molecular flexibility index (Phi) is 2.14. The average molecular weight is 160 g/mol. The van der Waals surface area contributed by atoms with Crippen molar-refractivity contribution in [3.63, 3.8) is 0 Å². The lowest BCUT2D eigenvalue weighted by molar-refractivity contribution is 0.602. The first-order valence-electron chi connectivity index (χ1n) is 3.58. The Hall–Kier alpha value is -0.310. The highest BCUT2D eigenvalue weighted by Crippen LogP contribution is 2.22. The standard InChI is InChI=1S/C7H12O2S/c1-2-10(8,9)7-5-3-4-6-7/h5H,2-4,6H2,1H3. The SMILES string of the molecule is CCS(=O)(=O)C1=CCCC1. The van der Waals surface area contributed by atoms with Gasteiger partial charge in [0.25, 0.3) is 0 Å². The minimum atomic E-state index is -2.84.